The minimum Gasteiger partial charge on any atom is -0.391 e. The molecule has 1 aromatic carbocycles. The fourth-order valence-corrected chi connectivity index (χ4v) is 3.25. The fourth-order valence-electron chi connectivity index (χ4n) is 3.25. The summed E-state index contributed by atoms with van der Waals surface area (Å²) < 4.78 is 39.9. The summed E-state index contributed by atoms with van der Waals surface area (Å²) in [4.78, 5) is 13.9. The lowest BCUT2D eigenvalue weighted by Gasteiger charge is -2.27. The van der Waals surface area contributed by atoms with E-state index in [1.165, 1.54) is 23.1 Å². The molecule has 0 spiro atoms. The largest absolute Gasteiger partial charge is 0.416 e. The van der Waals surface area contributed by atoms with E-state index < -0.39 is 23.9 Å². The van der Waals surface area contributed by atoms with Crippen LogP contribution in [0.1, 0.15) is 35.0 Å². The molecule has 2 N–H and O–H groups in total. The highest BCUT2D eigenvalue weighted by Gasteiger charge is 2.41. The molecular weight excluding hydrogens is 335 g/mol. The standard InChI is InChI=1S/C17H18F3N3O2/c1-10-6-11(22-21-10)7-16(25)23-9-12(24)8-15(23)13-4-2-3-5-14(13)17(18,19)20/h2-6,12,15,24H,7-9H2,1H3,(H,21,22)/t12-,15+/m0/s1. The van der Waals surface area contributed by atoms with Crippen molar-refractivity contribution < 1.29 is 23.1 Å². The Kier molecular flexibility index (Phi) is 4.55. The zero-order chi connectivity index (χ0) is 18.2. The van der Waals surface area contributed by atoms with Crippen molar-refractivity contribution in [2.45, 2.75) is 38.1 Å². The molecule has 5 nitrogen and oxygen atoms in total. The summed E-state index contributed by atoms with van der Waals surface area (Å²) in [5.74, 6) is -0.356. The van der Waals surface area contributed by atoms with Gasteiger partial charge in [-0.3, -0.25) is 9.89 Å². The lowest BCUT2D eigenvalue weighted by molar-refractivity contribution is -0.140. The Balaban J connectivity index is 1.89. The molecular formula is C17H18F3N3O2. The number of carbonyl (C=O) groups is 1. The van der Waals surface area contributed by atoms with Crippen LogP contribution in [0.15, 0.2) is 30.3 Å². The van der Waals surface area contributed by atoms with Crippen molar-refractivity contribution in [1.82, 2.24) is 15.1 Å². The number of benzene rings is 1. The number of alkyl halides is 3. The number of likely N-dealkylation sites (tertiary alicyclic amines) is 1. The van der Waals surface area contributed by atoms with Gasteiger partial charge < -0.3 is 10.0 Å². The summed E-state index contributed by atoms with van der Waals surface area (Å²) in [6, 6.07) is 6.10. The molecule has 1 aliphatic rings. The number of H-pyrrole nitrogens is 1. The van der Waals surface area contributed by atoms with E-state index in [4.69, 9.17) is 0 Å². The predicted octanol–water partition coefficient (Wildman–Crippen LogP) is 2.61. The topological polar surface area (TPSA) is 69.2 Å². The monoisotopic (exact) mass is 353 g/mol. The molecule has 0 unspecified atom stereocenters. The number of halogens is 3. The number of amides is 1. The second-order valence-electron chi connectivity index (χ2n) is 6.26. The van der Waals surface area contributed by atoms with Crippen LogP contribution in [-0.4, -0.2) is 38.8 Å². The van der Waals surface area contributed by atoms with Crippen LogP contribution < -0.4 is 0 Å². The summed E-state index contributed by atoms with van der Waals surface area (Å²) in [5.41, 5.74) is 0.551. The number of hydrogen-bond acceptors (Lipinski definition) is 3. The zero-order valence-corrected chi connectivity index (χ0v) is 13.5. The lowest BCUT2D eigenvalue weighted by Crippen LogP contribution is -2.33. The third kappa shape index (κ3) is 3.68. The number of hydrogen-bond donors (Lipinski definition) is 2. The van der Waals surface area contributed by atoms with Gasteiger partial charge >= 0.3 is 6.18 Å². The van der Waals surface area contributed by atoms with Crippen LogP contribution in [0.5, 0.6) is 0 Å². The Labute approximate surface area is 142 Å². The second-order valence-corrected chi connectivity index (χ2v) is 6.26. The first-order valence-electron chi connectivity index (χ1n) is 7.90. The van der Waals surface area contributed by atoms with E-state index in [1.54, 1.807) is 13.0 Å². The molecule has 3 rings (SSSR count). The number of aliphatic hydroxyl groups is 1. The first kappa shape index (κ1) is 17.5. The summed E-state index contributed by atoms with van der Waals surface area (Å²) in [6.07, 6.45) is -5.31. The summed E-state index contributed by atoms with van der Waals surface area (Å²) in [6.45, 7) is 1.81. The molecule has 25 heavy (non-hydrogen) atoms. The fraction of sp³-hybridized carbons (Fsp3) is 0.412. The van der Waals surface area contributed by atoms with E-state index in [2.05, 4.69) is 10.2 Å². The Hall–Kier alpha value is -2.35. The van der Waals surface area contributed by atoms with Gasteiger partial charge in [0.1, 0.15) is 0 Å². The number of aryl methyl sites for hydroxylation is 1. The number of β-amino-alcohol motifs (C(OH)–C–C–N with tert-alkyl or cyclic N) is 1. The van der Waals surface area contributed by atoms with E-state index in [1.807, 2.05) is 0 Å². The summed E-state index contributed by atoms with van der Waals surface area (Å²) >= 11 is 0. The number of aromatic nitrogens is 2. The SMILES string of the molecule is Cc1cc(CC(=O)N2C[C@@H](O)C[C@@H]2c2ccccc2C(F)(F)F)n[nH]1. The Morgan fingerprint density at radius 2 is 2.12 bits per heavy atom. The maximum absolute atomic E-state index is 13.3. The van der Waals surface area contributed by atoms with Crippen molar-refractivity contribution in [3.8, 4) is 0 Å². The molecule has 1 saturated heterocycles. The zero-order valence-electron chi connectivity index (χ0n) is 13.5. The van der Waals surface area contributed by atoms with E-state index in [0.29, 0.717) is 5.69 Å². The Morgan fingerprint density at radius 3 is 2.76 bits per heavy atom. The molecule has 134 valence electrons. The van der Waals surface area contributed by atoms with Crippen LogP contribution in [0.3, 0.4) is 0 Å². The molecule has 8 heteroatoms. The molecule has 0 bridgehead atoms. The molecule has 0 radical (unpaired) electrons. The molecule has 2 heterocycles. The lowest BCUT2D eigenvalue weighted by atomic mass is 9.97. The van der Waals surface area contributed by atoms with Crippen molar-refractivity contribution in [1.29, 1.82) is 0 Å². The van der Waals surface area contributed by atoms with Crippen molar-refractivity contribution in [2.75, 3.05) is 6.54 Å². The number of carbonyl (C=O) groups excluding carboxylic acids is 1. The first-order valence-corrected chi connectivity index (χ1v) is 7.90. The molecule has 1 aromatic heterocycles. The van der Waals surface area contributed by atoms with Gasteiger partial charge in [-0.2, -0.15) is 18.3 Å². The second kappa shape index (κ2) is 6.51. The van der Waals surface area contributed by atoms with Gasteiger partial charge in [-0.25, -0.2) is 0 Å². The summed E-state index contributed by atoms with van der Waals surface area (Å²) in [7, 11) is 0. The normalized spacial score (nSPS) is 20.9. The van der Waals surface area contributed by atoms with E-state index in [0.717, 1.165) is 11.8 Å². The van der Waals surface area contributed by atoms with Crippen LogP contribution in [0.25, 0.3) is 0 Å². The van der Waals surface area contributed by atoms with Gasteiger partial charge in [0.25, 0.3) is 0 Å². The summed E-state index contributed by atoms with van der Waals surface area (Å²) in [5, 5.41) is 16.7. The van der Waals surface area contributed by atoms with Crippen LogP contribution in [0, 0.1) is 6.92 Å². The molecule has 1 aliphatic heterocycles. The quantitative estimate of drug-likeness (QED) is 0.891. The van der Waals surface area contributed by atoms with Crippen LogP contribution >= 0.6 is 0 Å². The Morgan fingerprint density at radius 1 is 1.40 bits per heavy atom. The third-order valence-corrected chi connectivity index (χ3v) is 4.32. The molecule has 0 saturated carbocycles. The number of rotatable bonds is 3. The highest BCUT2D eigenvalue weighted by atomic mass is 19.4. The van der Waals surface area contributed by atoms with Gasteiger partial charge in [0.2, 0.25) is 5.91 Å². The maximum Gasteiger partial charge on any atom is 0.416 e. The average Bonchev–Trinajstić information content (AvgIpc) is 3.12. The van der Waals surface area contributed by atoms with Crippen molar-refractivity contribution in [3.63, 3.8) is 0 Å². The Bertz CT molecular complexity index is 772. The van der Waals surface area contributed by atoms with Crippen molar-refractivity contribution >= 4 is 5.91 Å². The van der Waals surface area contributed by atoms with Crippen molar-refractivity contribution in [2.24, 2.45) is 0 Å². The predicted molar refractivity (Wildman–Crippen MR) is 83.6 cm³/mol. The minimum absolute atomic E-state index is 0.0121. The van der Waals surface area contributed by atoms with Crippen LogP contribution in [-0.2, 0) is 17.4 Å². The van der Waals surface area contributed by atoms with Gasteiger partial charge in [-0.15, -0.1) is 0 Å². The van der Waals surface area contributed by atoms with Crippen LogP contribution in [0.2, 0.25) is 0 Å². The number of aromatic amines is 1. The molecule has 1 amide bonds. The molecule has 2 aromatic rings. The van der Waals surface area contributed by atoms with Crippen LogP contribution in [0.4, 0.5) is 13.2 Å². The highest BCUT2D eigenvalue weighted by molar-refractivity contribution is 5.79. The maximum atomic E-state index is 13.3. The number of nitrogens with one attached hydrogen (secondary N) is 1. The minimum atomic E-state index is -4.52. The van der Waals surface area contributed by atoms with Gasteiger partial charge in [-0.05, 0) is 31.0 Å². The molecule has 2 atom stereocenters. The van der Waals surface area contributed by atoms with E-state index in [9.17, 15) is 23.1 Å². The third-order valence-electron chi connectivity index (χ3n) is 4.32. The number of nitrogens with zero attached hydrogens (tertiary/aromatic N) is 2. The van der Waals surface area contributed by atoms with E-state index >= 15 is 0 Å². The average molecular weight is 353 g/mol. The van der Waals surface area contributed by atoms with Gasteiger partial charge in [0.15, 0.2) is 0 Å². The van der Waals surface area contributed by atoms with Gasteiger partial charge in [0, 0.05) is 12.2 Å². The van der Waals surface area contributed by atoms with E-state index in [-0.39, 0.29) is 30.9 Å². The number of aliphatic hydroxyl groups excluding tert-OH is 1. The van der Waals surface area contributed by atoms with Gasteiger partial charge in [0.05, 0.1) is 29.8 Å². The molecule has 0 aliphatic carbocycles. The first-order chi connectivity index (χ1) is 11.8. The smallest absolute Gasteiger partial charge is 0.391 e. The molecule has 1 fully saturated rings. The van der Waals surface area contributed by atoms with Crippen molar-refractivity contribution in [3.05, 3.63) is 52.8 Å². The van der Waals surface area contributed by atoms with Gasteiger partial charge in [-0.1, -0.05) is 18.2 Å². The highest BCUT2D eigenvalue weighted by Crippen LogP contribution is 2.40.